The first-order chi connectivity index (χ1) is 37.4. The molecule has 6 aliphatic rings. The number of aryl methyl sites for hydroxylation is 2. The number of carbonyl (C=O) groups is 2. The Hall–Kier alpha value is -6.58. The SMILES string of the molecule is CCOc1nc(N)nc2c1ncn2[C@@H]1O[C@H](CO[P@@]2(=O)OCC[C@@H](c3cccc(C)c3)O2)[C@H]2OC(=O)O[C@]21C.CCOc1nc(N)nc2c1ncn2[C@@H]1O[C@H](CO[P@]2(=O)OCC[C@H](c3cccc(C)c3)O2)[C@H]2OC(=O)O[C@]21C. The van der Waals surface area contributed by atoms with Crippen molar-refractivity contribution >= 4 is 62.2 Å². The summed E-state index contributed by atoms with van der Waals surface area (Å²) in [6, 6.07) is 15.5. The summed E-state index contributed by atoms with van der Waals surface area (Å²) in [4.78, 5) is 50.0. The van der Waals surface area contributed by atoms with E-state index in [1.165, 1.54) is 12.7 Å². The van der Waals surface area contributed by atoms with Crippen LogP contribution in [-0.2, 0) is 64.7 Å². The number of imidazole rings is 2. The number of nitrogen functional groups attached to an aromatic ring is 2. The molecular formula is C48H56N10O18P2. The van der Waals surface area contributed by atoms with Crippen molar-refractivity contribution in [3.05, 3.63) is 83.4 Å². The molecule has 4 N–H and O–H groups in total. The number of anilines is 2. The minimum atomic E-state index is -3.95. The number of phosphoric acid groups is 2. The molecule has 30 heteroatoms. The number of hydrogen-bond donors (Lipinski definition) is 2. The maximum Gasteiger partial charge on any atom is 0.509 e. The molecule has 0 radical (unpaired) electrons. The van der Waals surface area contributed by atoms with E-state index in [-0.39, 0.29) is 50.1 Å². The van der Waals surface area contributed by atoms with E-state index >= 15 is 0 Å². The van der Waals surface area contributed by atoms with E-state index in [1.807, 2.05) is 62.4 Å². The van der Waals surface area contributed by atoms with Crippen molar-refractivity contribution in [2.45, 2.75) is 115 Å². The zero-order chi connectivity index (χ0) is 54.7. The Kier molecular flexibility index (Phi) is 14.3. The van der Waals surface area contributed by atoms with Crippen molar-refractivity contribution in [1.29, 1.82) is 0 Å². The van der Waals surface area contributed by atoms with Gasteiger partial charge in [0, 0.05) is 12.8 Å². The standard InChI is InChI=1S/2C24H28N5O9P/c2*1-4-32-20-17-19(27-22(25)28-20)29(12-26-17)21-24(3)18(36-23(30)37-24)16(35-21)11-34-39(31)33-9-8-15(38-39)14-7-5-6-13(2)10-14/h2*5-7,10,12,15-16,18,21H,4,8-9,11H2,1-3H3,(H2,25,27,28)/t15-,16+,18+,21+,24+,39+;15-,16-,18-,21-,24-,39+/m01/s1. The van der Waals surface area contributed by atoms with Crippen LogP contribution in [0, 0.1) is 13.8 Å². The topological polar surface area (TPSA) is 337 Å². The number of aromatic nitrogens is 8. The van der Waals surface area contributed by atoms with Gasteiger partial charge in [-0.15, -0.1) is 0 Å². The quantitative estimate of drug-likeness (QED) is 0.0802. The van der Waals surface area contributed by atoms with E-state index < -0.39 is 88.2 Å². The Labute approximate surface area is 444 Å². The number of carbonyl (C=O) groups excluding carboxylic acids is 2. The first-order valence-electron chi connectivity index (χ1n) is 25.0. The van der Waals surface area contributed by atoms with Gasteiger partial charge in [0.05, 0.1) is 64.5 Å². The van der Waals surface area contributed by atoms with Crippen molar-refractivity contribution in [2.75, 3.05) is 51.1 Å². The van der Waals surface area contributed by atoms with Crippen LogP contribution in [0.5, 0.6) is 11.8 Å². The first kappa shape index (κ1) is 53.4. The highest BCUT2D eigenvalue weighted by Gasteiger charge is 2.66. The highest BCUT2D eigenvalue weighted by Crippen LogP contribution is 2.60. The molecule has 0 aliphatic carbocycles. The Morgan fingerprint density at radius 2 is 1.08 bits per heavy atom. The van der Waals surface area contributed by atoms with E-state index in [9.17, 15) is 18.7 Å². The van der Waals surface area contributed by atoms with E-state index in [0.29, 0.717) is 48.4 Å². The van der Waals surface area contributed by atoms with Gasteiger partial charge in [0.2, 0.25) is 23.7 Å². The van der Waals surface area contributed by atoms with Gasteiger partial charge in [-0.05, 0) is 52.7 Å². The summed E-state index contributed by atoms with van der Waals surface area (Å²) < 4.78 is 109. The number of ether oxygens (including phenoxy) is 8. The van der Waals surface area contributed by atoms with Crippen LogP contribution < -0.4 is 20.9 Å². The van der Waals surface area contributed by atoms with Gasteiger partial charge in [0.25, 0.3) is 0 Å². The minimum absolute atomic E-state index is 0.0280. The van der Waals surface area contributed by atoms with Gasteiger partial charge in [-0.3, -0.25) is 36.3 Å². The molecule has 416 valence electrons. The second-order valence-corrected chi connectivity index (χ2v) is 22.5. The number of fused-ring (bicyclic) bond motifs is 4. The lowest BCUT2D eigenvalue weighted by Crippen LogP contribution is -2.42. The second kappa shape index (κ2) is 20.9. The molecule has 6 saturated heterocycles. The van der Waals surface area contributed by atoms with Crippen molar-refractivity contribution in [3.63, 3.8) is 0 Å². The van der Waals surface area contributed by atoms with Crippen molar-refractivity contribution < 1.29 is 83.8 Å². The van der Waals surface area contributed by atoms with Crippen LogP contribution in [0.25, 0.3) is 22.3 Å². The van der Waals surface area contributed by atoms with E-state index in [1.54, 1.807) is 36.8 Å². The molecule has 0 unspecified atom stereocenters. The molecule has 6 fully saturated rings. The zero-order valence-corrected chi connectivity index (χ0v) is 44.8. The molecule has 4 aromatic heterocycles. The van der Waals surface area contributed by atoms with Crippen LogP contribution in [0.2, 0.25) is 0 Å². The lowest BCUT2D eigenvalue weighted by atomic mass is 9.96. The third kappa shape index (κ3) is 10.1. The lowest BCUT2D eigenvalue weighted by molar-refractivity contribution is -0.0927. The minimum Gasteiger partial charge on any atom is -0.476 e. The average Bonchev–Trinajstić information content (AvgIpc) is 4.41. The fourth-order valence-electron chi connectivity index (χ4n) is 10.2. The highest BCUT2D eigenvalue weighted by molar-refractivity contribution is 7.48. The molecule has 0 spiro atoms. The molecule has 0 amide bonds. The molecular weight excluding hydrogens is 1070 g/mol. The van der Waals surface area contributed by atoms with E-state index in [0.717, 1.165) is 22.3 Å². The summed E-state index contributed by atoms with van der Waals surface area (Å²) in [5.41, 5.74) is 14.4. The Morgan fingerprint density at radius 3 is 1.47 bits per heavy atom. The summed E-state index contributed by atoms with van der Waals surface area (Å²) in [6.45, 7) is 11.4. The van der Waals surface area contributed by atoms with Gasteiger partial charge in [-0.2, -0.15) is 19.9 Å². The van der Waals surface area contributed by atoms with Crippen LogP contribution >= 0.6 is 15.6 Å². The molecule has 12 rings (SSSR count). The van der Waals surface area contributed by atoms with Gasteiger partial charge >= 0.3 is 28.0 Å². The molecule has 78 heavy (non-hydrogen) atoms. The summed E-state index contributed by atoms with van der Waals surface area (Å²) in [7, 11) is -7.90. The van der Waals surface area contributed by atoms with Gasteiger partial charge < -0.3 is 49.4 Å². The second-order valence-electron chi connectivity index (χ2n) is 19.2. The summed E-state index contributed by atoms with van der Waals surface area (Å²) in [5.74, 6) is 0.372. The Balaban J connectivity index is 0.000000165. The molecule has 6 aliphatic heterocycles. The van der Waals surface area contributed by atoms with Crippen LogP contribution in [0.15, 0.2) is 61.2 Å². The van der Waals surface area contributed by atoms with Crippen LogP contribution in [0.1, 0.15) is 87.5 Å². The smallest absolute Gasteiger partial charge is 0.476 e. The van der Waals surface area contributed by atoms with Gasteiger partial charge in [0.15, 0.2) is 58.2 Å². The number of nitrogens with zero attached hydrogens (tertiary/aromatic N) is 8. The molecule has 0 bridgehead atoms. The molecule has 2 aromatic carbocycles. The molecule has 0 saturated carbocycles. The summed E-state index contributed by atoms with van der Waals surface area (Å²) in [5, 5.41) is 0. The molecule has 10 heterocycles. The predicted molar refractivity (Wildman–Crippen MR) is 267 cm³/mol. The number of phosphoric ester groups is 2. The van der Waals surface area contributed by atoms with E-state index in [4.69, 9.17) is 76.5 Å². The monoisotopic (exact) mass is 1120 g/mol. The predicted octanol–water partition coefficient (Wildman–Crippen LogP) is 7.22. The maximum atomic E-state index is 13.4. The summed E-state index contributed by atoms with van der Waals surface area (Å²) in [6.07, 6.45) is -4.13. The maximum absolute atomic E-state index is 13.4. The van der Waals surface area contributed by atoms with Crippen LogP contribution in [-0.4, -0.2) is 127 Å². The fourth-order valence-corrected chi connectivity index (χ4v) is 13.0. The molecule has 28 nitrogen and oxygen atoms in total. The van der Waals surface area contributed by atoms with Crippen LogP contribution in [0.4, 0.5) is 21.5 Å². The fraction of sp³-hybridized carbons (Fsp3) is 0.500. The highest BCUT2D eigenvalue weighted by atomic mass is 31.2. The largest absolute Gasteiger partial charge is 0.509 e. The lowest BCUT2D eigenvalue weighted by Gasteiger charge is -2.30. The van der Waals surface area contributed by atoms with Crippen LogP contribution in [0.3, 0.4) is 0 Å². The first-order valence-corrected chi connectivity index (χ1v) is 27.9. The van der Waals surface area contributed by atoms with Gasteiger partial charge in [-0.1, -0.05) is 59.7 Å². The van der Waals surface area contributed by atoms with Gasteiger partial charge in [-0.25, -0.2) is 28.7 Å². The van der Waals surface area contributed by atoms with Crippen molar-refractivity contribution in [1.82, 2.24) is 39.0 Å². The number of nitrogens with two attached hydrogens (primary N) is 2. The van der Waals surface area contributed by atoms with Crippen molar-refractivity contribution in [2.24, 2.45) is 0 Å². The van der Waals surface area contributed by atoms with Crippen molar-refractivity contribution in [3.8, 4) is 11.8 Å². The number of benzene rings is 2. The zero-order valence-electron chi connectivity index (χ0n) is 43.0. The Bertz CT molecular complexity index is 3150. The summed E-state index contributed by atoms with van der Waals surface area (Å²) >= 11 is 0. The number of hydrogen-bond acceptors (Lipinski definition) is 26. The average molecular weight is 1120 g/mol. The Morgan fingerprint density at radius 1 is 0.654 bits per heavy atom. The van der Waals surface area contributed by atoms with E-state index in [2.05, 4.69) is 29.9 Å². The normalized spacial score (nSPS) is 32.1. The van der Waals surface area contributed by atoms with Gasteiger partial charge in [0.1, 0.15) is 12.2 Å². The molecule has 12 atom stereocenters. The number of rotatable bonds is 14. The third-order valence-electron chi connectivity index (χ3n) is 13.7. The third-order valence-corrected chi connectivity index (χ3v) is 16.7. The molecule has 6 aromatic rings.